The van der Waals surface area contributed by atoms with Crippen LogP contribution in [-0.4, -0.2) is 32.9 Å². The molecule has 0 aliphatic heterocycles. The van der Waals surface area contributed by atoms with Crippen LogP contribution < -0.4 is 10.1 Å². The number of ether oxygens (including phenoxy) is 1. The Balaban J connectivity index is 1.64. The van der Waals surface area contributed by atoms with Crippen LogP contribution in [0.25, 0.3) is 11.5 Å². The van der Waals surface area contributed by atoms with Crippen LogP contribution in [0.3, 0.4) is 0 Å². The zero-order chi connectivity index (χ0) is 18.4. The molecule has 8 heteroatoms. The smallest absolute Gasteiger partial charge is 0.277 e. The third-order valence-electron chi connectivity index (χ3n) is 3.41. The molecule has 1 atom stereocenters. The maximum absolute atomic E-state index is 12.5. The van der Waals surface area contributed by atoms with Crippen molar-refractivity contribution in [1.82, 2.24) is 15.2 Å². The molecule has 3 rings (SSSR count). The van der Waals surface area contributed by atoms with E-state index < -0.39 is 5.25 Å². The number of nitrogens with zero attached hydrogens (tertiary/aromatic N) is 3. The van der Waals surface area contributed by atoms with Gasteiger partial charge in [-0.1, -0.05) is 23.9 Å². The van der Waals surface area contributed by atoms with Gasteiger partial charge >= 0.3 is 0 Å². The number of carbonyl (C=O) groups is 1. The van der Waals surface area contributed by atoms with Gasteiger partial charge in [-0.05, 0) is 38.1 Å². The Hall–Kier alpha value is -2.87. The van der Waals surface area contributed by atoms with Gasteiger partial charge in [-0.25, -0.2) is 0 Å². The third-order valence-corrected chi connectivity index (χ3v) is 4.34. The summed E-state index contributed by atoms with van der Waals surface area (Å²) >= 11 is 1.19. The van der Waals surface area contributed by atoms with Crippen molar-refractivity contribution in [2.75, 3.05) is 11.9 Å². The highest BCUT2D eigenvalue weighted by molar-refractivity contribution is 8.00. The SMILES string of the molecule is CCOc1ccccc1NC(=O)[C@@H](C)Sc1nnc(-c2cccnc2)o1. The number of hydrogen-bond donors (Lipinski definition) is 1. The van der Waals surface area contributed by atoms with E-state index in [1.54, 1.807) is 31.5 Å². The Kier molecular flexibility index (Phi) is 5.85. The molecule has 0 aliphatic carbocycles. The molecule has 0 fully saturated rings. The molecule has 0 bridgehead atoms. The quantitative estimate of drug-likeness (QED) is 0.635. The fraction of sp³-hybridized carbons (Fsp3) is 0.222. The minimum atomic E-state index is -0.424. The molecule has 0 saturated carbocycles. The number of rotatable bonds is 7. The molecule has 7 nitrogen and oxygen atoms in total. The average Bonchev–Trinajstić information content (AvgIpc) is 3.13. The normalized spacial score (nSPS) is 11.8. The molecule has 3 aromatic rings. The molecule has 0 spiro atoms. The highest BCUT2D eigenvalue weighted by atomic mass is 32.2. The zero-order valence-corrected chi connectivity index (χ0v) is 15.2. The fourth-order valence-electron chi connectivity index (χ4n) is 2.15. The number of aromatic nitrogens is 3. The summed E-state index contributed by atoms with van der Waals surface area (Å²) in [6, 6.07) is 10.9. The lowest BCUT2D eigenvalue weighted by Gasteiger charge is -2.13. The van der Waals surface area contributed by atoms with Gasteiger partial charge in [0.05, 0.1) is 23.1 Å². The monoisotopic (exact) mass is 370 g/mol. The molecule has 134 valence electrons. The van der Waals surface area contributed by atoms with Crippen LogP contribution in [-0.2, 0) is 4.79 Å². The summed E-state index contributed by atoms with van der Waals surface area (Å²) in [6.45, 7) is 4.19. The molecule has 26 heavy (non-hydrogen) atoms. The lowest BCUT2D eigenvalue weighted by atomic mass is 10.3. The Morgan fingerprint density at radius 1 is 1.27 bits per heavy atom. The van der Waals surface area contributed by atoms with E-state index >= 15 is 0 Å². The van der Waals surface area contributed by atoms with Crippen LogP contribution in [0.5, 0.6) is 5.75 Å². The lowest BCUT2D eigenvalue weighted by molar-refractivity contribution is -0.115. The van der Waals surface area contributed by atoms with Crippen LogP contribution in [0.2, 0.25) is 0 Å². The molecule has 2 aromatic heterocycles. The predicted molar refractivity (Wildman–Crippen MR) is 99.1 cm³/mol. The highest BCUT2D eigenvalue weighted by Crippen LogP contribution is 2.28. The summed E-state index contributed by atoms with van der Waals surface area (Å²) in [4.78, 5) is 16.5. The number of pyridine rings is 1. The Bertz CT molecular complexity index is 870. The molecular weight excluding hydrogens is 352 g/mol. The first-order chi connectivity index (χ1) is 12.7. The van der Waals surface area contributed by atoms with E-state index in [4.69, 9.17) is 9.15 Å². The minimum absolute atomic E-state index is 0.178. The predicted octanol–water partition coefficient (Wildman–Crippen LogP) is 3.65. The van der Waals surface area contributed by atoms with Gasteiger partial charge in [0.1, 0.15) is 5.75 Å². The van der Waals surface area contributed by atoms with Crippen molar-refractivity contribution in [1.29, 1.82) is 0 Å². The summed E-state index contributed by atoms with van der Waals surface area (Å²) in [6.07, 6.45) is 3.31. The Labute approximate surface area is 155 Å². The van der Waals surface area contributed by atoms with Crippen LogP contribution in [0.1, 0.15) is 13.8 Å². The number of amides is 1. The van der Waals surface area contributed by atoms with Crippen molar-refractivity contribution in [2.24, 2.45) is 0 Å². The van der Waals surface area contributed by atoms with E-state index in [9.17, 15) is 4.79 Å². The van der Waals surface area contributed by atoms with Crippen molar-refractivity contribution in [3.63, 3.8) is 0 Å². The van der Waals surface area contributed by atoms with Gasteiger partial charge < -0.3 is 14.5 Å². The number of nitrogens with one attached hydrogen (secondary N) is 1. The summed E-state index contributed by atoms with van der Waals surface area (Å²) in [7, 11) is 0. The molecular formula is C18H18N4O3S. The third kappa shape index (κ3) is 4.40. The number of thioether (sulfide) groups is 1. The first-order valence-electron chi connectivity index (χ1n) is 8.10. The van der Waals surface area contributed by atoms with Crippen LogP contribution >= 0.6 is 11.8 Å². The van der Waals surface area contributed by atoms with E-state index in [0.717, 1.165) is 5.56 Å². The second-order valence-electron chi connectivity index (χ2n) is 5.29. The van der Waals surface area contributed by atoms with Gasteiger partial charge in [0.25, 0.3) is 5.22 Å². The van der Waals surface area contributed by atoms with Crippen molar-refractivity contribution in [3.8, 4) is 17.2 Å². The van der Waals surface area contributed by atoms with Crippen molar-refractivity contribution in [2.45, 2.75) is 24.3 Å². The number of para-hydroxylation sites is 2. The molecule has 0 unspecified atom stereocenters. The molecule has 2 heterocycles. The topological polar surface area (TPSA) is 90.1 Å². The maximum atomic E-state index is 12.5. The zero-order valence-electron chi connectivity index (χ0n) is 14.4. The van der Waals surface area contributed by atoms with Crippen LogP contribution in [0, 0.1) is 0 Å². The van der Waals surface area contributed by atoms with E-state index in [1.165, 1.54) is 11.8 Å². The van der Waals surface area contributed by atoms with Gasteiger partial charge in [-0.15, -0.1) is 10.2 Å². The molecule has 0 radical (unpaired) electrons. The van der Waals surface area contributed by atoms with Crippen LogP contribution in [0.4, 0.5) is 5.69 Å². The number of benzene rings is 1. The summed E-state index contributed by atoms with van der Waals surface area (Å²) in [5.74, 6) is 0.829. The Morgan fingerprint density at radius 3 is 2.88 bits per heavy atom. The molecule has 0 aliphatic rings. The Morgan fingerprint density at radius 2 is 2.12 bits per heavy atom. The number of carbonyl (C=O) groups excluding carboxylic acids is 1. The molecule has 1 amide bonds. The first kappa shape index (κ1) is 17.9. The summed E-state index contributed by atoms with van der Waals surface area (Å²) in [5.41, 5.74) is 1.36. The largest absolute Gasteiger partial charge is 0.492 e. The second-order valence-corrected chi connectivity index (χ2v) is 6.59. The van der Waals surface area contributed by atoms with Gasteiger partial charge in [0.15, 0.2) is 0 Å². The first-order valence-corrected chi connectivity index (χ1v) is 8.98. The van der Waals surface area contributed by atoms with Gasteiger partial charge in [0.2, 0.25) is 11.8 Å². The maximum Gasteiger partial charge on any atom is 0.277 e. The van der Waals surface area contributed by atoms with E-state index in [0.29, 0.717) is 29.2 Å². The average molecular weight is 370 g/mol. The molecule has 1 aromatic carbocycles. The standard InChI is InChI=1S/C18H18N4O3S/c1-3-24-15-9-5-4-8-14(15)20-16(23)12(2)26-18-22-21-17(25-18)13-7-6-10-19-11-13/h4-12H,3H2,1-2H3,(H,20,23)/t12-/m1/s1. The van der Waals surface area contributed by atoms with Gasteiger partial charge in [0, 0.05) is 12.4 Å². The van der Waals surface area contributed by atoms with Crippen LogP contribution in [0.15, 0.2) is 58.4 Å². The summed E-state index contributed by atoms with van der Waals surface area (Å²) in [5, 5.41) is 10.7. The van der Waals surface area contributed by atoms with Crippen molar-refractivity contribution in [3.05, 3.63) is 48.8 Å². The van der Waals surface area contributed by atoms with Crippen molar-refractivity contribution >= 4 is 23.4 Å². The summed E-state index contributed by atoms with van der Waals surface area (Å²) < 4.78 is 11.1. The van der Waals surface area contributed by atoms with Gasteiger partial charge in [-0.3, -0.25) is 9.78 Å². The molecule has 0 saturated heterocycles. The molecule has 1 N–H and O–H groups in total. The lowest BCUT2D eigenvalue weighted by Crippen LogP contribution is -2.22. The fourth-order valence-corrected chi connectivity index (χ4v) is 2.84. The van der Waals surface area contributed by atoms with Gasteiger partial charge in [-0.2, -0.15) is 0 Å². The number of hydrogen-bond acceptors (Lipinski definition) is 7. The second kappa shape index (κ2) is 8.48. The van der Waals surface area contributed by atoms with E-state index in [1.807, 2.05) is 31.2 Å². The van der Waals surface area contributed by atoms with Crippen molar-refractivity contribution < 1.29 is 13.9 Å². The highest BCUT2D eigenvalue weighted by Gasteiger charge is 2.20. The number of anilines is 1. The van der Waals surface area contributed by atoms with E-state index in [2.05, 4.69) is 20.5 Å². The minimum Gasteiger partial charge on any atom is -0.492 e. The van der Waals surface area contributed by atoms with E-state index in [-0.39, 0.29) is 5.91 Å².